The van der Waals surface area contributed by atoms with Crippen molar-refractivity contribution in [3.63, 3.8) is 0 Å². The quantitative estimate of drug-likeness (QED) is 0.809. The first-order valence-corrected chi connectivity index (χ1v) is 7.25. The molecule has 0 radical (unpaired) electrons. The molecule has 1 amide bonds. The molecule has 0 aliphatic carbocycles. The highest BCUT2D eigenvalue weighted by Crippen LogP contribution is 2.30. The second-order valence-corrected chi connectivity index (χ2v) is 6.32. The molecule has 21 heavy (non-hydrogen) atoms. The topological polar surface area (TPSA) is 60.2 Å². The molecule has 0 spiro atoms. The third-order valence-electron chi connectivity index (χ3n) is 3.51. The largest absolute Gasteiger partial charge is 0.444 e. The van der Waals surface area contributed by atoms with E-state index in [1.54, 1.807) is 4.90 Å². The number of para-hydroxylation sites is 1. The van der Waals surface area contributed by atoms with Gasteiger partial charge in [0.2, 0.25) is 0 Å². The van der Waals surface area contributed by atoms with E-state index in [0.717, 1.165) is 23.9 Å². The van der Waals surface area contributed by atoms with Gasteiger partial charge in [-0.1, -0.05) is 17.3 Å². The molecule has 0 bridgehead atoms. The van der Waals surface area contributed by atoms with Crippen molar-refractivity contribution < 1.29 is 9.53 Å². The first-order chi connectivity index (χ1) is 9.96. The highest BCUT2D eigenvalue weighted by molar-refractivity contribution is 5.74. The van der Waals surface area contributed by atoms with Gasteiger partial charge in [-0.2, -0.15) is 0 Å². The summed E-state index contributed by atoms with van der Waals surface area (Å²) in [4.78, 5) is 14.1. The van der Waals surface area contributed by atoms with Gasteiger partial charge in [0.1, 0.15) is 17.3 Å². The molecule has 1 fully saturated rings. The van der Waals surface area contributed by atoms with Gasteiger partial charge in [-0.25, -0.2) is 9.48 Å². The number of carbonyl (C=O) groups excluding carboxylic acids is 1. The van der Waals surface area contributed by atoms with Gasteiger partial charge >= 0.3 is 6.09 Å². The van der Waals surface area contributed by atoms with E-state index in [9.17, 15) is 4.79 Å². The first kappa shape index (κ1) is 13.9. The van der Waals surface area contributed by atoms with E-state index >= 15 is 0 Å². The van der Waals surface area contributed by atoms with Crippen LogP contribution < -0.4 is 0 Å². The van der Waals surface area contributed by atoms with Crippen LogP contribution >= 0.6 is 0 Å². The van der Waals surface area contributed by atoms with E-state index in [1.807, 2.05) is 49.7 Å². The van der Waals surface area contributed by atoms with Crippen LogP contribution in [0.1, 0.15) is 39.8 Å². The van der Waals surface area contributed by atoms with Gasteiger partial charge in [0.15, 0.2) is 0 Å². The maximum absolute atomic E-state index is 12.3. The summed E-state index contributed by atoms with van der Waals surface area (Å²) in [5.74, 6) is 0. The van der Waals surface area contributed by atoms with Crippen LogP contribution in [0.3, 0.4) is 0 Å². The van der Waals surface area contributed by atoms with Gasteiger partial charge in [-0.3, -0.25) is 4.90 Å². The number of hydrogen-bond donors (Lipinski definition) is 0. The third kappa shape index (κ3) is 2.70. The molecular weight excluding hydrogens is 268 g/mol. The number of amides is 1. The number of nitrogens with zero attached hydrogens (tertiary/aromatic N) is 4. The molecule has 2 aromatic rings. The molecule has 3 rings (SSSR count). The molecule has 1 aromatic carbocycles. The highest BCUT2D eigenvalue weighted by Gasteiger charge is 2.34. The van der Waals surface area contributed by atoms with Gasteiger partial charge in [0, 0.05) is 6.54 Å². The van der Waals surface area contributed by atoms with Crippen molar-refractivity contribution in [2.45, 2.75) is 45.4 Å². The fourth-order valence-corrected chi connectivity index (χ4v) is 2.64. The minimum Gasteiger partial charge on any atom is -0.444 e. The van der Waals surface area contributed by atoms with Crippen molar-refractivity contribution in [1.82, 2.24) is 19.9 Å². The van der Waals surface area contributed by atoms with E-state index in [4.69, 9.17) is 4.74 Å². The normalized spacial score (nSPS) is 19.2. The molecule has 1 aromatic heterocycles. The Hall–Kier alpha value is -2.11. The molecule has 0 N–H and O–H groups in total. The minimum atomic E-state index is -0.491. The Labute approximate surface area is 123 Å². The second-order valence-electron chi connectivity index (χ2n) is 6.32. The van der Waals surface area contributed by atoms with Crippen LogP contribution in [0.5, 0.6) is 0 Å². The molecule has 1 saturated heterocycles. The molecule has 1 aliphatic heterocycles. The Morgan fingerprint density at radius 3 is 2.86 bits per heavy atom. The molecule has 112 valence electrons. The Morgan fingerprint density at radius 2 is 2.10 bits per heavy atom. The number of hydrogen-bond acceptors (Lipinski definition) is 4. The number of likely N-dealkylation sites (tertiary alicyclic amines) is 1. The van der Waals surface area contributed by atoms with Crippen molar-refractivity contribution in [3.8, 4) is 0 Å². The zero-order chi connectivity index (χ0) is 15.0. The first-order valence-electron chi connectivity index (χ1n) is 7.25. The van der Waals surface area contributed by atoms with Crippen LogP contribution in [-0.4, -0.2) is 38.1 Å². The summed E-state index contributed by atoms with van der Waals surface area (Å²) in [6, 6.07) is 7.78. The molecule has 0 saturated carbocycles. The van der Waals surface area contributed by atoms with Crippen LogP contribution in [0.4, 0.5) is 4.79 Å². The van der Waals surface area contributed by atoms with E-state index in [-0.39, 0.29) is 12.3 Å². The lowest BCUT2D eigenvalue weighted by Gasteiger charge is -2.28. The molecule has 1 atom stereocenters. The monoisotopic (exact) mass is 288 g/mol. The summed E-state index contributed by atoms with van der Waals surface area (Å²) >= 11 is 0. The van der Waals surface area contributed by atoms with E-state index in [1.165, 1.54) is 0 Å². The van der Waals surface area contributed by atoms with Crippen LogP contribution in [0, 0.1) is 0 Å². The van der Waals surface area contributed by atoms with Crippen LogP contribution in [0.2, 0.25) is 0 Å². The zero-order valence-electron chi connectivity index (χ0n) is 12.6. The van der Waals surface area contributed by atoms with Crippen LogP contribution in [0.15, 0.2) is 24.3 Å². The number of carbonyl (C=O) groups is 1. The minimum absolute atomic E-state index is 0.118. The summed E-state index contributed by atoms with van der Waals surface area (Å²) < 4.78 is 7.31. The summed E-state index contributed by atoms with van der Waals surface area (Å²) in [6.07, 6.45) is 1.40. The molecule has 6 heteroatoms. The smallest absolute Gasteiger partial charge is 0.412 e. The van der Waals surface area contributed by atoms with Crippen molar-refractivity contribution in [2.24, 2.45) is 0 Å². The van der Waals surface area contributed by atoms with E-state index in [2.05, 4.69) is 10.3 Å². The standard InChI is InChI=1S/C15H20N4O2/c1-15(2,3)21-14(20)18-10-6-9-13(18)19-12-8-5-4-7-11(12)16-17-19/h4-5,7-8,13H,6,9-10H2,1-3H3. The fourth-order valence-electron chi connectivity index (χ4n) is 2.64. The van der Waals surface area contributed by atoms with Crippen LogP contribution in [0.25, 0.3) is 11.0 Å². The van der Waals surface area contributed by atoms with Gasteiger partial charge in [0.05, 0.1) is 5.52 Å². The van der Waals surface area contributed by atoms with Crippen LogP contribution in [-0.2, 0) is 4.74 Å². The lowest BCUT2D eigenvalue weighted by atomic mass is 10.2. The lowest BCUT2D eigenvalue weighted by molar-refractivity contribution is 0.0152. The molecule has 2 heterocycles. The number of aromatic nitrogens is 3. The number of fused-ring (bicyclic) bond motifs is 1. The Kier molecular flexibility index (Phi) is 3.31. The second kappa shape index (κ2) is 5.02. The van der Waals surface area contributed by atoms with Crippen molar-refractivity contribution >= 4 is 17.1 Å². The Bertz CT molecular complexity index is 659. The molecular formula is C15H20N4O2. The SMILES string of the molecule is CC(C)(C)OC(=O)N1CCCC1n1nnc2ccccc21. The summed E-state index contributed by atoms with van der Waals surface area (Å²) in [6.45, 7) is 6.32. The van der Waals surface area contributed by atoms with Crippen molar-refractivity contribution in [2.75, 3.05) is 6.54 Å². The molecule has 6 nitrogen and oxygen atoms in total. The molecule has 1 unspecified atom stereocenters. The van der Waals surface area contributed by atoms with Crippen molar-refractivity contribution in [1.29, 1.82) is 0 Å². The zero-order valence-corrected chi connectivity index (χ0v) is 12.6. The average Bonchev–Trinajstić information content (AvgIpc) is 3.02. The average molecular weight is 288 g/mol. The molecule has 1 aliphatic rings. The predicted octanol–water partition coefficient (Wildman–Crippen LogP) is 2.96. The van der Waals surface area contributed by atoms with Gasteiger partial charge in [-0.15, -0.1) is 5.10 Å². The maximum Gasteiger partial charge on any atom is 0.412 e. The number of benzene rings is 1. The van der Waals surface area contributed by atoms with E-state index < -0.39 is 5.60 Å². The van der Waals surface area contributed by atoms with Gasteiger partial charge in [0.25, 0.3) is 0 Å². The Balaban J connectivity index is 1.89. The summed E-state index contributed by atoms with van der Waals surface area (Å²) in [5.41, 5.74) is 1.29. The third-order valence-corrected chi connectivity index (χ3v) is 3.51. The van der Waals surface area contributed by atoms with Crippen molar-refractivity contribution in [3.05, 3.63) is 24.3 Å². The lowest BCUT2D eigenvalue weighted by Crippen LogP contribution is -2.38. The van der Waals surface area contributed by atoms with E-state index in [0.29, 0.717) is 6.54 Å². The van der Waals surface area contributed by atoms with Gasteiger partial charge in [-0.05, 0) is 45.7 Å². The fraction of sp³-hybridized carbons (Fsp3) is 0.533. The summed E-state index contributed by atoms with van der Waals surface area (Å²) in [5, 5.41) is 8.39. The maximum atomic E-state index is 12.3. The Morgan fingerprint density at radius 1 is 1.33 bits per heavy atom. The number of ether oxygens (including phenoxy) is 1. The predicted molar refractivity (Wildman–Crippen MR) is 78.7 cm³/mol. The summed E-state index contributed by atoms with van der Waals surface area (Å²) in [7, 11) is 0. The highest BCUT2D eigenvalue weighted by atomic mass is 16.6. The number of rotatable bonds is 1. The van der Waals surface area contributed by atoms with Gasteiger partial charge < -0.3 is 4.74 Å².